The fourth-order valence-corrected chi connectivity index (χ4v) is 5.17. The molecule has 0 saturated heterocycles. The zero-order valence-electron chi connectivity index (χ0n) is 18.9. The van der Waals surface area contributed by atoms with Crippen LogP contribution in [0, 0.1) is 6.92 Å². The number of hydrogen-bond acceptors (Lipinski definition) is 6. The second kappa shape index (κ2) is 10.0. The van der Waals surface area contributed by atoms with E-state index in [1.807, 2.05) is 0 Å². The number of aliphatic hydroxyl groups excluding tert-OH is 1. The molecule has 4 aromatic rings. The van der Waals surface area contributed by atoms with Crippen LogP contribution in [-0.2, 0) is 16.0 Å². The average molecular weight is 537 g/mol. The number of aliphatic hydroxyl groups is 1. The first kappa shape index (κ1) is 25.9. The van der Waals surface area contributed by atoms with Gasteiger partial charge in [-0.15, -0.1) is 0 Å². The quantitative estimate of drug-likeness (QED) is 0.301. The van der Waals surface area contributed by atoms with E-state index in [-0.39, 0.29) is 56.9 Å². The maximum atomic E-state index is 13.4. The standard InChI is InChI=1S/C25H20ClF3N2O4S/c1-15-23(31-22-8-3-7-20(24(22)30-15)25(27,28)29)19-14-17(9-10-21(19)26)35-16-5-2-6-18(13-16)36(33,34)12-4-11-32/h2-3,5-10,13-14,32H,4,11-12H2,1H3. The highest BCUT2D eigenvalue weighted by atomic mass is 35.5. The predicted octanol–water partition coefficient (Wildman–Crippen LogP) is 6.23. The second-order valence-electron chi connectivity index (χ2n) is 7.94. The fourth-order valence-electron chi connectivity index (χ4n) is 3.63. The molecule has 0 unspecified atom stereocenters. The molecular weight excluding hydrogens is 517 g/mol. The number of nitrogens with zero attached hydrogens (tertiary/aromatic N) is 2. The van der Waals surface area contributed by atoms with E-state index < -0.39 is 21.6 Å². The maximum Gasteiger partial charge on any atom is 0.418 e. The summed E-state index contributed by atoms with van der Waals surface area (Å²) in [6.07, 6.45) is -4.46. The summed E-state index contributed by atoms with van der Waals surface area (Å²) in [5, 5.41) is 9.22. The molecule has 36 heavy (non-hydrogen) atoms. The van der Waals surface area contributed by atoms with Crippen LogP contribution >= 0.6 is 11.6 Å². The zero-order chi connectivity index (χ0) is 26.1. The molecule has 1 heterocycles. The number of para-hydroxylation sites is 1. The number of hydrogen-bond donors (Lipinski definition) is 1. The Morgan fingerprint density at radius 3 is 2.44 bits per heavy atom. The molecule has 0 saturated carbocycles. The number of halogens is 4. The molecular formula is C25H20ClF3N2O4S. The van der Waals surface area contributed by atoms with Crippen molar-refractivity contribution in [3.8, 4) is 22.8 Å². The van der Waals surface area contributed by atoms with Gasteiger partial charge in [0.1, 0.15) is 17.0 Å². The number of sulfone groups is 1. The van der Waals surface area contributed by atoms with Crippen LogP contribution in [0.1, 0.15) is 17.7 Å². The van der Waals surface area contributed by atoms with Gasteiger partial charge >= 0.3 is 6.18 Å². The number of fused-ring (bicyclic) bond motifs is 1. The molecule has 11 heteroatoms. The molecule has 1 aromatic heterocycles. The zero-order valence-corrected chi connectivity index (χ0v) is 20.5. The van der Waals surface area contributed by atoms with E-state index in [9.17, 15) is 21.6 Å². The number of aryl methyl sites for hydroxylation is 1. The van der Waals surface area contributed by atoms with Gasteiger partial charge in [0.2, 0.25) is 0 Å². The van der Waals surface area contributed by atoms with Gasteiger partial charge in [0.25, 0.3) is 0 Å². The lowest BCUT2D eigenvalue weighted by Crippen LogP contribution is -2.08. The van der Waals surface area contributed by atoms with Gasteiger partial charge < -0.3 is 9.84 Å². The molecule has 1 N–H and O–H groups in total. The van der Waals surface area contributed by atoms with Crippen LogP contribution in [0.4, 0.5) is 13.2 Å². The highest BCUT2D eigenvalue weighted by Crippen LogP contribution is 2.37. The molecule has 188 valence electrons. The smallest absolute Gasteiger partial charge is 0.418 e. The van der Waals surface area contributed by atoms with Crippen molar-refractivity contribution in [1.82, 2.24) is 9.97 Å². The van der Waals surface area contributed by atoms with Crippen LogP contribution in [0.15, 0.2) is 65.6 Å². The maximum absolute atomic E-state index is 13.4. The van der Waals surface area contributed by atoms with Crippen LogP contribution in [0.25, 0.3) is 22.3 Å². The van der Waals surface area contributed by atoms with Crippen LogP contribution < -0.4 is 4.74 Å². The Kier molecular flexibility index (Phi) is 7.21. The molecule has 0 fully saturated rings. The Labute approximate surface area is 210 Å². The number of benzene rings is 3. The first-order valence-electron chi connectivity index (χ1n) is 10.8. The van der Waals surface area contributed by atoms with Crippen molar-refractivity contribution in [2.75, 3.05) is 12.4 Å². The topological polar surface area (TPSA) is 89.4 Å². The van der Waals surface area contributed by atoms with E-state index in [2.05, 4.69) is 9.97 Å². The van der Waals surface area contributed by atoms with E-state index in [1.54, 1.807) is 31.2 Å². The van der Waals surface area contributed by atoms with Crippen molar-refractivity contribution in [2.45, 2.75) is 24.4 Å². The largest absolute Gasteiger partial charge is 0.457 e. The van der Waals surface area contributed by atoms with E-state index in [4.69, 9.17) is 21.4 Å². The fraction of sp³-hybridized carbons (Fsp3) is 0.200. The van der Waals surface area contributed by atoms with Gasteiger partial charge in [-0.2, -0.15) is 13.2 Å². The highest BCUT2D eigenvalue weighted by molar-refractivity contribution is 7.91. The average Bonchev–Trinajstić information content (AvgIpc) is 2.83. The Balaban J connectivity index is 1.71. The van der Waals surface area contributed by atoms with E-state index in [1.165, 1.54) is 30.3 Å². The molecule has 0 radical (unpaired) electrons. The molecule has 0 aliphatic rings. The Morgan fingerprint density at radius 1 is 1.00 bits per heavy atom. The molecule has 0 amide bonds. The summed E-state index contributed by atoms with van der Waals surface area (Å²) in [5.74, 6) is 0.364. The number of aromatic nitrogens is 2. The lowest BCUT2D eigenvalue weighted by Gasteiger charge is -2.14. The van der Waals surface area contributed by atoms with Crippen LogP contribution in [0.2, 0.25) is 5.02 Å². The summed E-state index contributed by atoms with van der Waals surface area (Å²) >= 11 is 6.39. The summed E-state index contributed by atoms with van der Waals surface area (Å²) in [5.41, 5.74) is -0.139. The van der Waals surface area contributed by atoms with E-state index in [0.717, 1.165) is 6.07 Å². The number of rotatable bonds is 7. The minimum atomic E-state index is -4.58. The minimum absolute atomic E-state index is 0.0550. The van der Waals surface area contributed by atoms with Crippen LogP contribution in [-0.4, -0.2) is 35.9 Å². The van der Waals surface area contributed by atoms with Crippen molar-refractivity contribution in [1.29, 1.82) is 0 Å². The molecule has 0 atom stereocenters. The number of alkyl halides is 3. The van der Waals surface area contributed by atoms with E-state index in [0.29, 0.717) is 11.3 Å². The molecule has 0 bridgehead atoms. The summed E-state index contributed by atoms with van der Waals surface area (Å²) in [7, 11) is -3.60. The Morgan fingerprint density at radius 2 is 1.72 bits per heavy atom. The molecule has 3 aromatic carbocycles. The Hall–Kier alpha value is -3.21. The normalized spacial score (nSPS) is 12.2. The van der Waals surface area contributed by atoms with Crippen LogP contribution in [0.3, 0.4) is 0 Å². The van der Waals surface area contributed by atoms with Crippen molar-refractivity contribution in [3.05, 3.63) is 76.9 Å². The third-order valence-corrected chi connectivity index (χ3v) is 7.47. The van der Waals surface area contributed by atoms with Crippen molar-refractivity contribution < 1.29 is 31.4 Å². The van der Waals surface area contributed by atoms with Crippen LogP contribution in [0.5, 0.6) is 11.5 Å². The van der Waals surface area contributed by atoms with Crippen molar-refractivity contribution in [2.24, 2.45) is 0 Å². The first-order valence-corrected chi connectivity index (χ1v) is 12.8. The second-order valence-corrected chi connectivity index (χ2v) is 10.5. The summed E-state index contributed by atoms with van der Waals surface area (Å²) in [6, 6.07) is 14.3. The summed E-state index contributed by atoms with van der Waals surface area (Å²) in [6.45, 7) is 1.30. The third kappa shape index (κ3) is 5.45. The third-order valence-electron chi connectivity index (χ3n) is 5.34. The Bertz CT molecular complexity index is 1540. The van der Waals surface area contributed by atoms with Crippen molar-refractivity contribution >= 4 is 32.5 Å². The van der Waals surface area contributed by atoms with Gasteiger partial charge in [0.15, 0.2) is 9.84 Å². The monoisotopic (exact) mass is 536 g/mol. The summed E-state index contributed by atoms with van der Waals surface area (Å²) in [4.78, 5) is 8.63. The van der Waals surface area contributed by atoms with E-state index >= 15 is 0 Å². The van der Waals surface area contributed by atoms with Gasteiger partial charge in [0.05, 0.1) is 38.1 Å². The van der Waals surface area contributed by atoms with Gasteiger partial charge in [-0.3, -0.25) is 0 Å². The first-order chi connectivity index (χ1) is 17.0. The van der Waals surface area contributed by atoms with Crippen molar-refractivity contribution in [3.63, 3.8) is 0 Å². The lowest BCUT2D eigenvalue weighted by molar-refractivity contribution is -0.136. The molecule has 0 spiro atoms. The van der Waals surface area contributed by atoms with Gasteiger partial charge in [-0.05, 0) is 61.9 Å². The molecule has 4 rings (SSSR count). The summed E-state index contributed by atoms with van der Waals surface area (Å²) < 4.78 is 71.0. The molecule has 6 nitrogen and oxygen atoms in total. The van der Waals surface area contributed by atoms with Gasteiger partial charge in [-0.1, -0.05) is 23.7 Å². The minimum Gasteiger partial charge on any atom is -0.457 e. The molecule has 0 aliphatic carbocycles. The van der Waals surface area contributed by atoms with Gasteiger partial charge in [-0.25, -0.2) is 18.4 Å². The highest BCUT2D eigenvalue weighted by Gasteiger charge is 2.33. The van der Waals surface area contributed by atoms with Gasteiger partial charge in [0, 0.05) is 12.2 Å². The molecule has 0 aliphatic heterocycles. The SMILES string of the molecule is Cc1nc2c(C(F)(F)F)cccc2nc1-c1cc(Oc2cccc(S(=O)(=O)CCCO)c2)ccc1Cl. The number of ether oxygens (including phenoxy) is 1. The lowest BCUT2D eigenvalue weighted by atomic mass is 10.1. The predicted molar refractivity (Wildman–Crippen MR) is 130 cm³/mol.